The third kappa shape index (κ3) is 3.64. The van der Waals surface area contributed by atoms with E-state index < -0.39 is 23.8 Å². The lowest BCUT2D eigenvalue weighted by atomic mass is 9.85. The van der Waals surface area contributed by atoms with Crippen LogP contribution in [0.15, 0.2) is 72.9 Å². The van der Waals surface area contributed by atoms with Gasteiger partial charge in [0, 0.05) is 19.2 Å². The van der Waals surface area contributed by atoms with Gasteiger partial charge >= 0.3 is 5.97 Å². The highest BCUT2D eigenvalue weighted by molar-refractivity contribution is 5.95. The van der Waals surface area contributed by atoms with E-state index in [1.165, 1.54) is 10.9 Å². The Morgan fingerprint density at radius 2 is 1.50 bits per heavy atom. The van der Waals surface area contributed by atoms with Gasteiger partial charge in [0.1, 0.15) is 11.7 Å². The van der Waals surface area contributed by atoms with E-state index in [9.17, 15) is 14.7 Å². The Balaban J connectivity index is 2.00. The van der Waals surface area contributed by atoms with E-state index in [0.29, 0.717) is 5.69 Å². The molecule has 3 rings (SSSR count). The molecule has 1 aromatic heterocycles. The molecule has 0 spiro atoms. The van der Waals surface area contributed by atoms with E-state index in [-0.39, 0.29) is 0 Å². The molecule has 0 aliphatic heterocycles. The molecule has 0 aliphatic carbocycles. The van der Waals surface area contributed by atoms with Gasteiger partial charge in [0.05, 0.1) is 0 Å². The lowest BCUT2D eigenvalue weighted by Crippen LogP contribution is -2.45. The lowest BCUT2D eigenvalue weighted by molar-refractivity contribution is -0.139. The zero-order valence-corrected chi connectivity index (χ0v) is 14.2. The summed E-state index contributed by atoms with van der Waals surface area (Å²) in [5.41, 5.74) is 1.93. The number of nitrogens with one attached hydrogen (secondary N) is 1. The molecule has 2 N–H and O–H groups in total. The first-order valence-corrected chi connectivity index (χ1v) is 8.19. The third-order valence-corrected chi connectivity index (χ3v) is 4.26. The summed E-state index contributed by atoms with van der Waals surface area (Å²) in [6, 6.07) is 19.0. The average molecular weight is 349 g/mol. The SMILES string of the molecule is Cn1nccc1C(=O)NC(C(=O)O)C(c1ccccc1)c1ccccc1. The molecule has 1 atom stereocenters. The van der Waals surface area contributed by atoms with Gasteiger partial charge in [0.2, 0.25) is 0 Å². The second kappa shape index (κ2) is 7.65. The average Bonchev–Trinajstić information content (AvgIpc) is 3.09. The fourth-order valence-corrected chi connectivity index (χ4v) is 3.00. The summed E-state index contributed by atoms with van der Waals surface area (Å²) >= 11 is 0. The summed E-state index contributed by atoms with van der Waals surface area (Å²) in [5, 5.41) is 16.5. The number of carbonyl (C=O) groups excluding carboxylic acids is 1. The molecule has 6 nitrogen and oxygen atoms in total. The van der Waals surface area contributed by atoms with Gasteiger partial charge in [0.25, 0.3) is 5.91 Å². The molecular weight excluding hydrogens is 330 g/mol. The van der Waals surface area contributed by atoms with Gasteiger partial charge in [-0.15, -0.1) is 0 Å². The van der Waals surface area contributed by atoms with E-state index >= 15 is 0 Å². The molecule has 0 fully saturated rings. The monoisotopic (exact) mass is 349 g/mol. The number of hydrogen-bond acceptors (Lipinski definition) is 3. The fraction of sp³-hybridized carbons (Fsp3) is 0.150. The van der Waals surface area contributed by atoms with E-state index in [1.54, 1.807) is 13.1 Å². The van der Waals surface area contributed by atoms with Crippen LogP contribution in [-0.2, 0) is 11.8 Å². The van der Waals surface area contributed by atoms with Crippen LogP contribution < -0.4 is 5.32 Å². The maximum absolute atomic E-state index is 12.6. The number of benzene rings is 2. The van der Waals surface area contributed by atoms with Crippen molar-refractivity contribution in [3.63, 3.8) is 0 Å². The number of aryl methyl sites for hydroxylation is 1. The first kappa shape index (κ1) is 17.4. The molecule has 26 heavy (non-hydrogen) atoms. The second-order valence-corrected chi connectivity index (χ2v) is 5.93. The minimum absolute atomic E-state index is 0.302. The number of aromatic nitrogens is 2. The smallest absolute Gasteiger partial charge is 0.327 e. The first-order chi connectivity index (χ1) is 12.6. The van der Waals surface area contributed by atoms with Crippen LogP contribution >= 0.6 is 0 Å². The van der Waals surface area contributed by atoms with Gasteiger partial charge in [-0.3, -0.25) is 9.48 Å². The number of rotatable bonds is 6. The van der Waals surface area contributed by atoms with Crippen LogP contribution in [0.25, 0.3) is 0 Å². The number of carboxylic acids is 1. The second-order valence-electron chi connectivity index (χ2n) is 5.93. The summed E-state index contributed by atoms with van der Waals surface area (Å²) in [5.74, 6) is -2.10. The van der Waals surface area contributed by atoms with Crippen LogP contribution in [0.3, 0.4) is 0 Å². The van der Waals surface area contributed by atoms with Crippen LogP contribution in [0.4, 0.5) is 0 Å². The quantitative estimate of drug-likeness (QED) is 0.716. The standard InChI is InChI=1S/C20H19N3O3/c1-23-16(12-13-21-23)19(24)22-18(20(25)26)17(14-8-4-2-5-9-14)15-10-6-3-7-11-15/h2-13,17-18H,1H3,(H,22,24)(H,25,26). The maximum Gasteiger partial charge on any atom is 0.327 e. The van der Waals surface area contributed by atoms with Gasteiger partial charge in [-0.2, -0.15) is 5.10 Å². The summed E-state index contributed by atoms with van der Waals surface area (Å²) < 4.78 is 1.41. The van der Waals surface area contributed by atoms with Crippen molar-refractivity contribution in [3.05, 3.63) is 89.7 Å². The minimum atomic E-state index is -1.12. The van der Waals surface area contributed by atoms with Gasteiger partial charge in [-0.1, -0.05) is 60.7 Å². The molecule has 0 radical (unpaired) electrons. The molecule has 1 amide bonds. The molecule has 132 valence electrons. The maximum atomic E-state index is 12.6. The van der Waals surface area contributed by atoms with Gasteiger partial charge in [0.15, 0.2) is 0 Å². The number of nitrogens with zero attached hydrogens (tertiary/aromatic N) is 2. The normalized spacial score (nSPS) is 11.9. The fourth-order valence-electron chi connectivity index (χ4n) is 3.00. The highest BCUT2D eigenvalue weighted by Crippen LogP contribution is 2.28. The van der Waals surface area contributed by atoms with Crippen molar-refractivity contribution in [2.45, 2.75) is 12.0 Å². The molecular formula is C20H19N3O3. The zero-order valence-electron chi connectivity index (χ0n) is 14.2. The third-order valence-electron chi connectivity index (χ3n) is 4.26. The summed E-state index contributed by atoms with van der Waals surface area (Å²) in [4.78, 5) is 24.6. The largest absolute Gasteiger partial charge is 0.480 e. The molecule has 0 aliphatic rings. The van der Waals surface area contributed by atoms with Crippen molar-refractivity contribution >= 4 is 11.9 Å². The molecule has 6 heteroatoms. The topological polar surface area (TPSA) is 84.2 Å². The van der Waals surface area contributed by atoms with Crippen LogP contribution in [0, 0.1) is 0 Å². The molecule has 0 saturated heterocycles. The predicted molar refractivity (Wildman–Crippen MR) is 96.8 cm³/mol. The molecule has 2 aromatic carbocycles. The Morgan fingerprint density at radius 3 is 1.92 bits per heavy atom. The number of hydrogen-bond donors (Lipinski definition) is 2. The van der Waals surface area contributed by atoms with E-state index in [2.05, 4.69) is 10.4 Å². The summed E-state index contributed by atoms with van der Waals surface area (Å²) in [7, 11) is 1.64. The van der Waals surface area contributed by atoms with Gasteiger partial charge < -0.3 is 10.4 Å². The summed E-state index contributed by atoms with van der Waals surface area (Å²) in [6.45, 7) is 0. The van der Waals surface area contributed by atoms with Crippen molar-refractivity contribution in [1.82, 2.24) is 15.1 Å². The Morgan fingerprint density at radius 1 is 0.962 bits per heavy atom. The minimum Gasteiger partial charge on any atom is -0.480 e. The van der Waals surface area contributed by atoms with Gasteiger partial charge in [-0.25, -0.2) is 4.79 Å². The van der Waals surface area contributed by atoms with Crippen molar-refractivity contribution in [2.24, 2.45) is 7.05 Å². The number of carboxylic acid groups (broad SMARTS) is 1. The van der Waals surface area contributed by atoms with Crippen molar-refractivity contribution in [1.29, 1.82) is 0 Å². The van der Waals surface area contributed by atoms with Crippen LogP contribution in [0.2, 0.25) is 0 Å². The lowest BCUT2D eigenvalue weighted by Gasteiger charge is -2.26. The Hall–Kier alpha value is -3.41. The Labute approximate surface area is 151 Å². The highest BCUT2D eigenvalue weighted by Gasteiger charge is 2.33. The first-order valence-electron chi connectivity index (χ1n) is 8.19. The number of amides is 1. The van der Waals surface area contributed by atoms with Crippen LogP contribution in [0.5, 0.6) is 0 Å². The van der Waals surface area contributed by atoms with Crippen molar-refractivity contribution < 1.29 is 14.7 Å². The molecule has 0 saturated carbocycles. The number of carbonyl (C=O) groups is 2. The highest BCUT2D eigenvalue weighted by atomic mass is 16.4. The number of aliphatic carboxylic acids is 1. The van der Waals surface area contributed by atoms with Crippen LogP contribution in [-0.4, -0.2) is 32.8 Å². The zero-order chi connectivity index (χ0) is 18.5. The van der Waals surface area contributed by atoms with E-state index in [0.717, 1.165) is 11.1 Å². The van der Waals surface area contributed by atoms with E-state index in [4.69, 9.17) is 0 Å². The van der Waals surface area contributed by atoms with Crippen LogP contribution in [0.1, 0.15) is 27.5 Å². The molecule has 0 bridgehead atoms. The molecule has 1 heterocycles. The van der Waals surface area contributed by atoms with Crippen molar-refractivity contribution in [2.75, 3.05) is 0 Å². The Kier molecular flexibility index (Phi) is 5.12. The van der Waals surface area contributed by atoms with E-state index in [1.807, 2.05) is 60.7 Å². The molecule has 3 aromatic rings. The summed E-state index contributed by atoms with van der Waals surface area (Å²) in [6.07, 6.45) is 1.50. The van der Waals surface area contributed by atoms with Crippen molar-refractivity contribution in [3.8, 4) is 0 Å². The van der Waals surface area contributed by atoms with Gasteiger partial charge in [-0.05, 0) is 17.2 Å². The predicted octanol–water partition coefficient (Wildman–Crippen LogP) is 2.44. The Bertz CT molecular complexity index is 851. The molecule has 1 unspecified atom stereocenters.